The average Bonchev–Trinajstić information content (AvgIpc) is 3.21. The number of hydrogen-bond acceptors (Lipinski definition) is 5. The molecular weight excluding hydrogens is 490 g/mol. The van der Waals surface area contributed by atoms with E-state index < -0.39 is 0 Å². The summed E-state index contributed by atoms with van der Waals surface area (Å²) in [6.07, 6.45) is 8.37. The van der Waals surface area contributed by atoms with Crippen LogP contribution in [0.25, 0.3) is 0 Å². The van der Waals surface area contributed by atoms with Gasteiger partial charge in [-0.15, -0.1) is 0 Å². The Labute approximate surface area is 230 Å². The molecule has 7 heteroatoms. The molecule has 4 fully saturated rings. The van der Waals surface area contributed by atoms with Crippen LogP contribution in [0.2, 0.25) is 0 Å². The number of amides is 1. The van der Waals surface area contributed by atoms with Crippen molar-refractivity contribution in [3.05, 3.63) is 65.0 Å². The molecule has 0 unspecified atom stereocenters. The molecule has 7 nitrogen and oxygen atoms in total. The third kappa shape index (κ3) is 4.88. The first-order valence-corrected chi connectivity index (χ1v) is 14.1. The first-order valence-electron chi connectivity index (χ1n) is 14.1. The Balaban J connectivity index is 1.31. The Morgan fingerprint density at radius 2 is 1.49 bits per heavy atom. The zero-order chi connectivity index (χ0) is 27.1. The summed E-state index contributed by atoms with van der Waals surface area (Å²) in [5.74, 6) is 5.18. The van der Waals surface area contributed by atoms with Crippen molar-refractivity contribution in [3.63, 3.8) is 0 Å². The monoisotopic (exact) mass is 529 g/mol. The molecule has 0 spiro atoms. The van der Waals surface area contributed by atoms with Crippen molar-refractivity contribution in [1.29, 1.82) is 0 Å². The molecule has 39 heavy (non-hydrogen) atoms. The number of nitrogens with one attached hydrogen (secondary N) is 1. The van der Waals surface area contributed by atoms with Crippen LogP contribution in [0.3, 0.4) is 0 Å². The molecule has 4 aliphatic rings. The van der Waals surface area contributed by atoms with E-state index in [2.05, 4.69) is 28.1 Å². The van der Waals surface area contributed by atoms with Gasteiger partial charge in [0, 0.05) is 25.6 Å². The van der Waals surface area contributed by atoms with Crippen LogP contribution < -0.4 is 19.5 Å². The molecule has 1 heterocycles. The number of aromatic nitrogens is 2. The Bertz CT molecular complexity index is 1330. The van der Waals surface area contributed by atoms with Gasteiger partial charge in [0.1, 0.15) is 5.75 Å². The highest BCUT2D eigenvalue weighted by Crippen LogP contribution is 2.60. The maximum absolute atomic E-state index is 13.9. The number of imidazole rings is 1. The van der Waals surface area contributed by atoms with Crippen molar-refractivity contribution in [3.8, 4) is 17.2 Å². The van der Waals surface area contributed by atoms with Gasteiger partial charge in [-0.3, -0.25) is 10.1 Å². The Hall–Kier alpha value is -3.48. The number of methoxy groups -OCH3 is 3. The van der Waals surface area contributed by atoms with E-state index in [4.69, 9.17) is 19.2 Å². The van der Waals surface area contributed by atoms with Gasteiger partial charge in [-0.2, -0.15) is 0 Å². The van der Waals surface area contributed by atoms with E-state index in [1.165, 1.54) is 19.3 Å². The standard InChI is InChI=1S/C32H39N3O4/c1-35-27(15-21-7-10-28(38-3)29(16-21)39-4)26(14-20-5-8-25(37-2)9-6-20)33-31(35)34-30(36)32-17-22-11-23(18-32)13-24(12-22)19-32/h5-10,16,22-24H,11-15,17-19H2,1-4H3,(H,33,34,36). The van der Waals surface area contributed by atoms with E-state index >= 15 is 0 Å². The van der Waals surface area contributed by atoms with Gasteiger partial charge in [0.15, 0.2) is 11.5 Å². The van der Waals surface area contributed by atoms with E-state index in [0.29, 0.717) is 30.3 Å². The molecule has 0 aliphatic heterocycles. The lowest BCUT2D eigenvalue weighted by molar-refractivity contribution is -0.140. The number of carbonyl (C=O) groups is 1. The molecule has 1 aromatic heterocycles. The second-order valence-corrected chi connectivity index (χ2v) is 11.9. The van der Waals surface area contributed by atoms with Crippen molar-refractivity contribution in [2.75, 3.05) is 26.6 Å². The van der Waals surface area contributed by atoms with Crippen LogP contribution in [0, 0.1) is 23.2 Å². The molecule has 4 aliphatic carbocycles. The Kier molecular flexibility index (Phi) is 6.77. The highest BCUT2D eigenvalue weighted by molar-refractivity contribution is 5.94. The van der Waals surface area contributed by atoms with Crippen molar-refractivity contribution >= 4 is 11.9 Å². The van der Waals surface area contributed by atoms with E-state index in [9.17, 15) is 4.79 Å². The average molecular weight is 530 g/mol. The fourth-order valence-corrected chi connectivity index (χ4v) is 7.81. The molecule has 1 N–H and O–H groups in total. The van der Waals surface area contributed by atoms with E-state index in [0.717, 1.165) is 65.3 Å². The summed E-state index contributed by atoms with van der Waals surface area (Å²) in [4.78, 5) is 18.9. The number of rotatable bonds is 9. The third-order valence-corrected chi connectivity index (χ3v) is 9.39. The lowest BCUT2D eigenvalue weighted by Gasteiger charge is -2.55. The van der Waals surface area contributed by atoms with Crippen LogP contribution in [0.4, 0.5) is 5.95 Å². The summed E-state index contributed by atoms with van der Waals surface area (Å²) in [6, 6.07) is 14.1. The van der Waals surface area contributed by atoms with E-state index in [1.807, 2.05) is 31.3 Å². The Morgan fingerprint density at radius 1 is 0.872 bits per heavy atom. The quantitative estimate of drug-likeness (QED) is 0.380. The van der Waals surface area contributed by atoms with Crippen molar-refractivity contribution < 1.29 is 19.0 Å². The number of anilines is 1. The first-order chi connectivity index (χ1) is 18.9. The number of benzene rings is 2. The maximum atomic E-state index is 13.9. The zero-order valence-electron chi connectivity index (χ0n) is 23.5. The molecule has 3 aromatic rings. The summed E-state index contributed by atoms with van der Waals surface area (Å²) >= 11 is 0. The van der Waals surface area contributed by atoms with Gasteiger partial charge in [-0.05, 0) is 91.7 Å². The largest absolute Gasteiger partial charge is 0.497 e. The SMILES string of the molecule is COc1ccc(Cc2nc(NC(=O)C34CC5CC(CC(C5)C3)C4)n(C)c2Cc2ccc(OC)c(OC)c2)cc1. The topological polar surface area (TPSA) is 74.6 Å². The van der Waals surface area contributed by atoms with Crippen LogP contribution in [-0.4, -0.2) is 36.8 Å². The lowest BCUT2D eigenvalue weighted by Crippen LogP contribution is -2.52. The van der Waals surface area contributed by atoms with Crippen LogP contribution >= 0.6 is 0 Å². The minimum atomic E-state index is -0.222. The molecular formula is C32H39N3O4. The van der Waals surface area contributed by atoms with Crippen molar-refractivity contribution in [1.82, 2.24) is 9.55 Å². The molecule has 4 bridgehead atoms. The fraction of sp³-hybridized carbons (Fsp3) is 0.500. The van der Waals surface area contributed by atoms with Crippen LogP contribution in [0.5, 0.6) is 17.2 Å². The number of nitrogens with zero attached hydrogens (tertiary/aromatic N) is 2. The predicted octanol–water partition coefficient (Wildman–Crippen LogP) is 5.78. The van der Waals surface area contributed by atoms with E-state index in [1.54, 1.807) is 21.3 Å². The van der Waals surface area contributed by atoms with Gasteiger partial charge in [-0.25, -0.2) is 4.98 Å². The second-order valence-electron chi connectivity index (χ2n) is 11.9. The van der Waals surface area contributed by atoms with Gasteiger partial charge >= 0.3 is 0 Å². The summed E-state index contributed by atoms with van der Waals surface area (Å²) in [5.41, 5.74) is 4.03. The van der Waals surface area contributed by atoms with Crippen molar-refractivity contribution in [2.45, 2.75) is 51.4 Å². The van der Waals surface area contributed by atoms with Gasteiger partial charge < -0.3 is 18.8 Å². The molecule has 7 rings (SSSR count). The molecule has 0 atom stereocenters. The number of ether oxygens (including phenoxy) is 3. The molecule has 1 amide bonds. The third-order valence-electron chi connectivity index (χ3n) is 9.39. The molecule has 206 valence electrons. The minimum absolute atomic E-state index is 0.170. The highest BCUT2D eigenvalue weighted by Gasteiger charge is 2.54. The minimum Gasteiger partial charge on any atom is -0.497 e. The summed E-state index contributed by atoms with van der Waals surface area (Å²) in [5, 5.41) is 3.31. The van der Waals surface area contributed by atoms with Crippen LogP contribution in [0.15, 0.2) is 42.5 Å². The smallest absolute Gasteiger partial charge is 0.232 e. The van der Waals surface area contributed by atoms with Crippen LogP contribution in [0.1, 0.15) is 61.0 Å². The van der Waals surface area contributed by atoms with Gasteiger partial charge in [0.25, 0.3) is 0 Å². The number of hydrogen-bond donors (Lipinski definition) is 1. The second kappa shape index (κ2) is 10.2. The fourth-order valence-electron chi connectivity index (χ4n) is 7.81. The molecule has 0 radical (unpaired) electrons. The molecule has 0 saturated heterocycles. The number of carbonyl (C=O) groups excluding carboxylic acids is 1. The zero-order valence-corrected chi connectivity index (χ0v) is 23.5. The normalized spacial score (nSPS) is 25.0. The first kappa shape index (κ1) is 25.8. The summed E-state index contributed by atoms with van der Waals surface area (Å²) in [7, 11) is 6.98. The van der Waals surface area contributed by atoms with E-state index in [-0.39, 0.29) is 11.3 Å². The molecule has 2 aromatic carbocycles. The lowest BCUT2D eigenvalue weighted by atomic mass is 9.49. The van der Waals surface area contributed by atoms with Gasteiger partial charge in [0.2, 0.25) is 11.9 Å². The van der Waals surface area contributed by atoms with Crippen molar-refractivity contribution in [2.24, 2.45) is 30.2 Å². The maximum Gasteiger partial charge on any atom is 0.232 e. The van der Waals surface area contributed by atoms with Gasteiger partial charge in [-0.1, -0.05) is 18.2 Å². The summed E-state index contributed by atoms with van der Waals surface area (Å²) < 4.78 is 18.4. The van der Waals surface area contributed by atoms with Crippen LogP contribution in [-0.2, 0) is 24.7 Å². The van der Waals surface area contributed by atoms with Gasteiger partial charge in [0.05, 0.1) is 32.4 Å². The summed E-state index contributed by atoms with van der Waals surface area (Å²) in [6.45, 7) is 0. The Morgan fingerprint density at radius 3 is 2.08 bits per heavy atom. The predicted molar refractivity (Wildman–Crippen MR) is 151 cm³/mol. The molecule has 4 saturated carbocycles. The highest BCUT2D eigenvalue weighted by atomic mass is 16.5.